The molecule has 0 saturated heterocycles. The van der Waals surface area contributed by atoms with Crippen LogP contribution in [-0.4, -0.2) is 51.3 Å². The molecule has 9 nitrogen and oxygen atoms in total. The van der Waals surface area contributed by atoms with Gasteiger partial charge in [-0.05, 0) is 48.9 Å². The van der Waals surface area contributed by atoms with E-state index in [0.717, 1.165) is 24.8 Å². The van der Waals surface area contributed by atoms with E-state index in [1.165, 1.54) is 6.20 Å². The number of carbonyl (C=O) groups is 2. The molecule has 146 valence electrons. The highest BCUT2D eigenvalue weighted by molar-refractivity contribution is 5.97. The van der Waals surface area contributed by atoms with E-state index in [1.807, 2.05) is 6.07 Å². The number of benzene rings is 1. The zero-order chi connectivity index (χ0) is 19.7. The van der Waals surface area contributed by atoms with Crippen molar-refractivity contribution < 1.29 is 19.8 Å². The first kappa shape index (κ1) is 18.2. The number of hydrogen-bond acceptors (Lipinski definition) is 7. The second-order valence-corrected chi connectivity index (χ2v) is 7.03. The largest absolute Gasteiger partial charge is 0.477 e. The molecule has 1 aliphatic carbocycles. The molecule has 0 bridgehead atoms. The standard InChI is InChI=1S/C19H21N5O4/c25-9-15(10-1-2-10)23-16-14(18(27)28)8-21-19(24-16)22-12-3-4-13-11(7-12)5-6-20-17(13)26/h3-4,7-8,10,15,25H,1-2,5-6,9H2,(H,20,26)(H,27,28)(H2,21,22,23,24)/t15-/m1/s1. The summed E-state index contributed by atoms with van der Waals surface area (Å²) in [5.74, 6) is -0.490. The predicted octanol–water partition coefficient (Wildman–Crippen LogP) is 1.39. The number of anilines is 3. The Balaban J connectivity index is 1.58. The number of amides is 1. The van der Waals surface area contributed by atoms with Gasteiger partial charge >= 0.3 is 5.97 Å². The van der Waals surface area contributed by atoms with Gasteiger partial charge in [0.1, 0.15) is 11.4 Å². The lowest BCUT2D eigenvalue weighted by molar-refractivity contribution is 0.0696. The Labute approximate surface area is 161 Å². The van der Waals surface area contributed by atoms with Crippen LogP contribution in [0.5, 0.6) is 0 Å². The third-order valence-electron chi connectivity index (χ3n) is 5.01. The van der Waals surface area contributed by atoms with E-state index in [9.17, 15) is 19.8 Å². The molecule has 0 unspecified atom stereocenters. The third-order valence-corrected chi connectivity index (χ3v) is 5.01. The maximum atomic E-state index is 11.9. The van der Waals surface area contributed by atoms with Crippen molar-refractivity contribution in [3.8, 4) is 0 Å². The lowest BCUT2D eigenvalue weighted by Gasteiger charge is -2.19. The molecule has 0 spiro atoms. The van der Waals surface area contributed by atoms with Gasteiger partial charge < -0.3 is 26.2 Å². The van der Waals surface area contributed by atoms with Gasteiger partial charge in [-0.2, -0.15) is 4.98 Å². The molecule has 1 aliphatic heterocycles. The summed E-state index contributed by atoms with van der Waals surface area (Å²) in [6.07, 6.45) is 3.98. The first-order valence-corrected chi connectivity index (χ1v) is 9.21. The van der Waals surface area contributed by atoms with Gasteiger partial charge in [-0.25, -0.2) is 9.78 Å². The molecule has 1 aromatic heterocycles. The molecule has 9 heteroatoms. The minimum absolute atomic E-state index is 0.0493. The summed E-state index contributed by atoms with van der Waals surface area (Å²) in [5.41, 5.74) is 2.25. The lowest BCUT2D eigenvalue weighted by Crippen LogP contribution is -2.31. The summed E-state index contributed by atoms with van der Waals surface area (Å²) in [7, 11) is 0. The van der Waals surface area contributed by atoms with Gasteiger partial charge in [0.05, 0.1) is 12.6 Å². The highest BCUT2D eigenvalue weighted by Crippen LogP contribution is 2.34. The number of aliphatic hydroxyl groups excluding tert-OH is 1. The Morgan fingerprint density at radius 2 is 2.18 bits per heavy atom. The fourth-order valence-electron chi connectivity index (χ4n) is 3.33. The molecule has 5 N–H and O–H groups in total. The average Bonchev–Trinajstić information content (AvgIpc) is 3.51. The van der Waals surface area contributed by atoms with Crippen molar-refractivity contribution in [2.75, 3.05) is 23.8 Å². The summed E-state index contributed by atoms with van der Waals surface area (Å²) in [6, 6.07) is 5.14. The molecule has 1 aromatic carbocycles. The van der Waals surface area contributed by atoms with E-state index >= 15 is 0 Å². The van der Waals surface area contributed by atoms with Gasteiger partial charge in [0.15, 0.2) is 0 Å². The number of aliphatic hydroxyl groups is 1. The number of carbonyl (C=O) groups excluding carboxylic acids is 1. The summed E-state index contributed by atoms with van der Waals surface area (Å²) in [5, 5.41) is 27.9. The second-order valence-electron chi connectivity index (χ2n) is 7.03. The van der Waals surface area contributed by atoms with Crippen LogP contribution in [0, 0.1) is 5.92 Å². The Bertz CT molecular complexity index is 929. The van der Waals surface area contributed by atoms with Gasteiger partial charge in [0.25, 0.3) is 5.91 Å². The van der Waals surface area contributed by atoms with Crippen molar-refractivity contribution in [1.29, 1.82) is 0 Å². The molecular weight excluding hydrogens is 362 g/mol. The summed E-state index contributed by atoms with van der Waals surface area (Å²) in [4.78, 5) is 31.8. The third kappa shape index (κ3) is 3.74. The first-order valence-electron chi connectivity index (χ1n) is 9.21. The molecular formula is C19H21N5O4. The Morgan fingerprint density at radius 3 is 2.89 bits per heavy atom. The number of aromatic nitrogens is 2. The van der Waals surface area contributed by atoms with Gasteiger partial charge in [-0.15, -0.1) is 0 Å². The van der Waals surface area contributed by atoms with Gasteiger partial charge in [-0.3, -0.25) is 4.79 Å². The van der Waals surface area contributed by atoms with E-state index in [-0.39, 0.29) is 35.9 Å². The number of aromatic carboxylic acids is 1. The van der Waals surface area contributed by atoms with Crippen LogP contribution in [0.1, 0.15) is 39.1 Å². The summed E-state index contributed by atoms with van der Waals surface area (Å²) in [6.45, 7) is 0.500. The quantitative estimate of drug-likeness (QED) is 0.484. The Kier molecular flexibility index (Phi) is 4.82. The number of hydrogen-bond donors (Lipinski definition) is 5. The number of rotatable bonds is 7. The smallest absolute Gasteiger partial charge is 0.341 e. The molecule has 1 fully saturated rings. The fraction of sp³-hybridized carbons (Fsp3) is 0.368. The van der Waals surface area contributed by atoms with Crippen LogP contribution in [0.25, 0.3) is 0 Å². The van der Waals surface area contributed by atoms with Crippen LogP contribution >= 0.6 is 0 Å². The summed E-state index contributed by atoms with van der Waals surface area (Å²) < 4.78 is 0. The number of nitrogens with one attached hydrogen (secondary N) is 3. The van der Waals surface area contributed by atoms with Crippen molar-refractivity contribution >= 4 is 29.3 Å². The monoisotopic (exact) mass is 383 g/mol. The molecule has 4 rings (SSSR count). The molecule has 2 heterocycles. The van der Waals surface area contributed by atoms with Crippen LogP contribution in [0.2, 0.25) is 0 Å². The Hall–Kier alpha value is -3.20. The zero-order valence-corrected chi connectivity index (χ0v) is 15.1. The average molecular weight is 383 g/mol. The summed E-state index contributed by atoms with van der Waals surface area (Å²) >= 11 is 0. The van der Waals surface area contributed by atoms with E-state index in [1.54, 1.807) is 12.1 Å². The maximum absolute atomic E-state index is 11.9. The molecule has 2 aromatic rings. The van der Waals surface area contributed by atoms with E-state index in [0.29, 0.717) is 23.7 Å². The maximum Gasteiger partial charge on any atom is 0.341 e. The van der Waals surface area contributed by atoms with Crippen LogP contribution in [0.3, 0.4) is 0 Å². The molecule has 2 aliphatic rings. The van der Waals surface area contributed by atoms with Crippen molar-refractivity contribution in [1.82, 2.24) is 15.3 Å². The van der Waals surface area contributed by atoms with E-state index in [4.69, 9.17) is 0 Å². The Morgan fingerprint density at radius 1 is 1.36 bits per heavy atom. The molecule has 28 heavy (non-hydrogen) atoms. The van der Waals surface area contributed by atoms with Crippen molar-refractivity contribution in [2.24, 2.45) is 5.92 Å². The number of carboxylic acids is 1. The highest BCUT2D eigenvalue weighted by atomic mass is 16.4. The van der Waals surface area contributed by atoms with Crippen molar-refractivity contribution in [3.63, 3.8) is 0 Å². The topological polar surface area (TPSA) is 136 Å². The SMILES string of the molecule is O=C1NCCc2cc(Nc3ncc(C(=O)O)c(N[C@H](CO)C4CC4)n3)ccc21. The number of fused-ring (bicyclic) bond motifs is 1. The number of nitrogens with zero attached hydrogens (tertiary/aromatic N) is 2. The highest BCUT2D eigenvalue weighted by Gasteiger charge is 2.32. The molecule has 0 radical (unpaired) electrons. The lowest BCUT2D eigenvalue weighted by atomic mass is 10.00. The molecule has 1 saturated carbocycles. The van der Waals surface area contributed by atoms with Crippen LogP contribution in [0.15, 0.2) is 24.4 Å². The van der Waals surface area contributed by atoms with Gasteiger partial charge in [-0.1, -0.05) is 0 Å². The predicted molar refractivity (Wildman–Crippen MR) is 102 cm³/mol. The van der Waals surface area contributed by atoms with Crippen LogP contribution in [-0.2, 0) is 6.42 Å². The van der Waals surface area contributed by atoms with Crippen molar-refractivity contribution in [2.45, 2.75) is 25.3 Å². The molecule has 1 atom stereocenters. The van der Waals surface area contributed by atoms with Crippen LogP contribution in [0.4, 0.5) is 17.5 Å². The fourth-order valence-corrected chi connectivity index (χ4v) is 3.33. The number of carboxylic acid groups (broad SMARTS) is 1. The zero-order valence-electron chi connectivity index (χ0n) is 15.1. The van der Waals surface area contributed by atoms with Crippen molar-refractivity contribution in [3.05, 3.63) is 41.1 Å². The van der Waals surface area contributed by atoms with Crippen LogP contribution < -0.4 is 16.0 Å². The molecule has 1 amide bonds. The van der Waals surface area contributed by atoms with E-state index in [2.05, 4.69) is 25.9 Å². The second kappa shape index (κ2) is 7.43. The van der Waals surface area contributed by atoms with E-state index < -0.39 is 5.97 Å². The minimum Gasteiger partial charge on any atom is -0.477 e. The normalized spacial score (nSPS) is 16.7. The minimum atomic E-state index is -1.14. The first-order chi connectivity index (χ1) is 13.5. The van der Waals surface area contributed by atoms with Gasteiger partial charge in [0, 0.05) is 24.0 Å². The van der Waals surface area contributed by atoms with Gasteiger partial charge in [0.2, 0.25) is 5.95 Å².